The molecule has 4 N–H and O–H groups in total. The van der Waals surface area contributed by atoms with Crippen molar-refractivity contribution in [2.24, 2.45) is 0 Å². The molecule has 2 heterocycles. The SMILES string of the molecule is CC(C)OC(=O)OCOP(=O)(OCOC(=O)OC(C)C)OC[C@@]1(CF)O[C@@H](n2ccc(=O)n(COP(=O)(O)O)c2=O)[C@](C)(O)[C@@H]1O. The van der Waals surface area contributed by atoms with E-state index in [1.807, 2.05) is 0 Å². The Bertz CT molecular complexity index is 1390. The van der Waals surface area contributed by atoms with Crippen molar-refractivity contribution in [3.05, 3.63) is 33.1 Å². The monoisotopic (exact) mass is 712 g/mol. The first kappa shape index (κ1) is 39.4. The molecule has 0 radical (unpaired) electrons. The largest absolute Gasteiger partial charge is 0.510 e. The molecule has 1 aromatic rings. The van der Waals surface area contributed by atoms with Crippen LogP contribution in [0.5, 0.6) is 0 Å². The van der Waals surface area contributed by atoms with Crippen molar-refractivity contribution in [3.63, 3.8) is 0 Å². The summed E-state index contributed by atoms with van der Waals surface area (Å²) in [5.41, 5.74) is -7.68. The van der Waals surface area contributed by atoms with Gasteiger partial charge in [0.05, 0.1) is 18.8 Å². The Morgan fingerprint density at radius 2 is 1.52 bits per heavy atom. The molecule has 0 aliphatic carbocycles. The van der Waals surface area contributed by atoms with Crippen LogP contribution < -0.4 is 11.2 Å². The number of phosphoric acid groups is 2. The number of aliphatic hydroxyl groups is 2. The Hall–Kier alpha value is -2.75. The van der Waals surface area contributed by atoms with E-state index in [1.54, 1.807) is 0 Å². The number of ether oxygens (including phenoxy) is 5. The number of rotatable bonds is 16. The first-order valence-electron chi connectivity index (χ1n) is 13.0. The molecule has 4 atom stereocenters. The molecule has 1 fully saturated rings. The molecular formula is C22H35FN2O19P2. The maximum Gasteiger partial charge on any atom is 0.510 e. The molecule has 1 saturated heterocycles. The van der Waals surface area contributed by atoms with Crippen molar-refractivity contribution < 1.29 is 84.9 Å². The number of aromatic nitrogens is 2. The lowest BCUT2D eigenvalue weighted by atomic mass is 9.88. The van der Waals surface area contributed by atoms with Crippen LogP contribution in [0.15, 0.2) is 21.9 Å². The maximum absolute atomic E-state index is 14.6. The van der Waals surface area contributed by atoms with Gasteiger partial charge in [-0.15, -0.1) is 0 Å². The molecule has 21 nitrogen and oxygen atoms in total. The van der Waals surface area contributed by atoms with Gasteiger partial charge in [0.1, 0.15) is 25.1 Å². The summed E-state index contributed by atoms with van der Waals surface area (Å²) in [5, 5.41) is 22.0. The van der Waals surface area contributed by atoms with Crippen LogP contribution in [0.2, 0.25) is 0 Å². The number of hydrogen-bond acceptors (Lipinski definition) is 17. The summed E-state index contributed by atoms with van der Waals surface area (Å²) in [6, 6.07) is 0.715. The zero-order valence-corrected chi connectivity index (χ0v) is 26.9. The number of alkyl halides is 1. The molecule has 0 saturated carbocycles. The van der Waals surface area contributed by atoms with Crippen molar-refractivity contribution in [2.75, 3.05) is 26.9 Å². The Labute approximate surface area is 259 Å². The standard InChI is InChI=1S/C22H35FN2O19P2/c1-13(2)42-19(29)36-11-40-46(35,41-12-37-20(30)43-14(3)4)38-9-22(8-23)16(27)21(5,31)17(44-22)24-7-6-15(26)25(18(24)28)10-39-45(32,33)34/h6-7,13-14,16-17,27,31H,8-12H2,1-5H3,(H2,32,33,34)/t16-,17+,21+,22+/m0/s1. The van der Waals surface area contributed by atoms with E-state index in [0.29, 0.717) is 10.6 Å². The van der Waals surface area contributed by atoms with Crippen molar-refractivity contribution in [1.29, 1.82) is 0 Å². The first-order chi connectivity index (χ1) is 21.2. The third kappa shape index (κ3) is 10.6. The molecule has 264 valence electrons. The van der Waals surface area contributed by atoms with Gasteiger partial charge in [-0.2, -0.15) is 0 Å². The minimum atomic E-state index is -5.15. The van der Waals surface area contributed by atoms with E-state index < -0.39 is 109 Å². The summed E-state index contributed by atoms with van der Waals surface area (Å²) in [5.74, 6) is 0. The second-order valence-electron chi connectivity index (χ2n) is 10.2. The van der Waals surface area contributed by atoms with Crippen molar-refractivity contribution >= 4 is 28.0 Å². The van der Waals surface area contributed by atoms with E-state index in [1.165, 1.54) is 27.7 Å². The molecule has 0 unspecified atom stereocenters. The van der Waals surface area contributed by atoms with Gasteiger partial charge in [-0.1, -0.05) is 0 Å². The van der Waals surface area contributed by atoms with Crippen LogP contribution in [-0.4, -0.2) is 97.8 Å². The van der Waals surface area contributed by atoms with Gasteiger partial charge in [0, 0.05) is 12.3 Å². The number of nitrogens with zero attached hydrogens (tertiary/aromatic N) is 2. The lowest BCUT2D eigenvalue weighted by molar-refractivity contribution is -0.142. The van der Waals surface area contributed by atoms with Gasteiger partial charge < -0.3 is 43.7 Å². The molecule has 0 amide bonds. The minimum absolute atomic E-state index is 0.196. The molecule has 1 aromatic heterocycles. The van der Waals surface area contributed by atoms with Gasteiger partial charge in [-0.3, -0.25) is 18.4 Å². The second kappa shape index (κ2) is 15.9. The van der Waals surface area contributed by atoms with Gasteiger partial charge in [-0.25, -0.2) is 41.5 Å². The second-order valence-corrected chi connectivity index (χ2v) is 13.1. The summed E-state index contributed by atoms with van der Waals surface area (Å²) in [7, 11) is -10.2. The van der Waals surface area contributed by atoms with E-state index in [0.717, 1.165) is 13.1 Å². The smallest absolute Gasteiger partial charge is 0.432 e. The van der Waals surface area contributed by atoms with E-state index >= 15 is 0 Å². The van der Waals surface area contributed by atoms with Gasteiger partial charge >= 0.3 is 33.6 Å². The highest BCUT2D eigenvalue weighted by atomic mass is 31.2. The molecule has 24 heteroatoms. The van der Waals surface area contributed by atoms with E-state index in [4.69, 9.17) is 37.6 Å². The van der Waals surface area contributed by atoms with Crippen LogP contribution in [0.25, 0.3) is 0 Å². The summed E-state index contributed by atoms with van der Waals surface area (Å²) in [6.45, 7) is 0.417. The summed E-state index contributed by atoms with van der Waals surface area (Å²) >= 11 is 0. The molecule has 1 aliphatic rings. The topological polar surface area (TPSA) is 276 Å². The van der Waals surface area contributed by atoms with Crippen LogP contribution in [0.1, 0.15) is 40.8 Å². The number of carbonyl (C=O) groups excluding carboxylic acids is 2. The fraction of sp³-hybridized carbons (Fsp3) is 0.727. The highest BCUT2D eigenvalue weighted by Gasteiger charge is 2.63. The molecule has 0 bridgehead atoms. The molecular weight excluding hydrogens is 677 g/mol. The Balaban J connectivity index is 2.33. The summed E-state index contributed by atoms with van der Waals surface area (Å²) in [6.07, 6.45) is -7.25. The average Bonchev–Trinajstić information content (AvgIpc) is 3.11. The number of aliphatic hydroxyl groups excluding tert-OH is 1. The van der Waals surface area contributed by atoms with Crippen molar-refractivity contribution in [3.8, 4) is 0 Å². The first-order valence-corrected chi connectivity index (χ1v) is 16.0. The van der Waals surface area contributed by atoms with Gasteiger partial charge in [-0.05, 0) is 34.6 Å². The van der Waals surface area contributed by atoms with Crippen LogP contribution in [0, 0.1) is 0 Å². The van der Waals surface area contributed by atoms with Crippen molar-refractivity contribution in [1.82, 2.24) is 9.13 Å². The molecule has 0 spiro atoms. The van der Waals surface area contributed by atoms with E-state index in [-0.39, 0.29) is 4.57 Å². The fourth-order valence-electron chi connectivity index (χ4n) is 3.66. The highest BCUT2D eigenvalue weighted by molar-refractivity contribution is 7.48. The van der Waals surface area contributed by atoms with Crippen molar-refractivity contribution in [2.45, 2.75) is 77.1 Å². The lowest BCUT2D eigenvalue weighted by Crippen LogP contribution is -2.53. The predicted molar refractivity (Wildman–Crippen MR) is 144 cm³/mol. The highest BCUT2D eigenvalue weighted by Crippen LogP contribution is 2.52. The molecule has 2 rings (SSSR count). The zero-order chi connectivity index (χ0) is 35.1. The van der Waals surface area contributed by atoms with Crippen LogP contribution in [0.3, 0.4) is 0 Å². The molecule has 46 heavy (non-hydrogen) atoms. The van der Waals surface area contributed by atoms with Crippen LogP contribution >= 0.6 is 15.6 Å². The Morgan fingerprint density at radius 1 is 1.00 bits per heavy atom. The van der Waals surface area contributed by atoms with Gasteiger partial charge in [0.25, 0.3) is 5.56 Å². The number of carbonyl (C=O) groups is 2. The van der Waals surface area contributed by atoms with Crippen LogP contribution in [-0.2, 0) is 57.6 Å². The molecule has 0 aromatic carbocycles. The van der Waals surface area contributed by atoms with Gasteiger partial charge in [0.15, 0.2) is 11.8 Å². The lowest BCUT2D eigenvalue weighted by Gasteiger charge is -2.31. The van der Waals surface area contributed by atoms with E-state index in [2.05, 4.69) is 14.0 Å². The minimum Gasteiger partial charge on any atom is -0.432 e. The maximum atomic E-state index is 14.6. The third-order valence-electron chi connectivity index (χ3n) is 5.73. The summed E-state index contributed by atoms with van der Waals surface area (Å²) in [4.78, 5) is 66.3. The Morgan fingerprint density at radius 3 is 1.98 bits per heavy atom. The third-order valence-corrected chi connectivity index (χ3v) is 7.47. The fourth-order valence-corrected chi connectivity index (χ4v) is 4.89. The quantitative estimate of drug-likeness (QED) is 0.104. The predicted octanol–water partition coefficient (Wildman–Crippen LogP) is 0.622. The zero-order valence-electron chi connectivity index (χ0n) is 25.1. The van der Waals surface area contributed by atoms with Gasteiger partial charge in [0.2, 0.25) is 13.6 Å². The number of halogens is 1. The normalized spacial score (nSPS) is 23.5. The van der Waals surface area contributed by atoms with E-state index in [9.17, 15) is 42.9 Å². The average molecular weight is 712 g/mol. The number of hydrogen-bond donors (Lipinski definition) is 4. The van der Waals surface area contributed by atoms with Crippen LogP contribution in [0.4, 0.5) is 14.0 Å². The molecule has 1 aliphatic heterocycles. The Kier molecular flexibility index (Phi) is 13.6. The number of phosphoric ester groups is 2. The summed E-state index contributed by atoms with van der Waals surface area (Å²) < 4.78 is 82.8.